The molecule has 3 heterocycles. The highest BCUT2D eigenvalue weighted by Gasteiger charge is 2.34. The van der Waals surface area contributed by atoms with Crippen LogP contribution in [0.1, 0.15) is 13.3 Å². The summed E-state index contributed by atoms with van der Waals surface area (Å²) >= 11 is 0. The van der Waals surface area contributed by atoms with E-state index in [0.717, 1.165) is 30.8 Å². The summed E-state index contributed by atoms with van der Waals surface area (Å²) in [6, 6.07) is 4.11. The van der Waals surface area contributed by atoms with Crippen molar-refractivity contribution in [3.8, 4) is 0 Å². The monoisotopic (exact) mass is 231 g/mol. The minimum atomic E-state index is 0.0150. The van der Waals surface area contributed by atoms with E-state index in [1.165, 1.54) is 0 Å². The quantitative estimate of drug-likeness (QED) is 0.852. The Balaban J connectivity index is 1.98. The van der Waals surface area contributed by atoms with Crippen LogP contribution in [0.5, 0.6) is 0 Å². The van der Waals surface area contributed by atoms with E-state index in [0.29, 0.717) is 0 Å². The third kappa shape index (κ3) is 1.69. The van der Waals surface area contributed by atoms with Gasteiger partial charge in [-0.05, 0) is 18.6 Å². The fourth-order valence-corrected chi connectivity index (χ4v) is 2.53. The summed E-state index contributed by atoms with van der Waals surface area (Å²) in [7, 11) is 0. The van der Waals surface area contributed by atoms with Crippen LogP contribution < -0.4 is 4.90 Å². The molecule has 1 unspecified atom stereocenters. The number of hydrogen-bond acceptors (Lipinski definition) is 3. The van der Waals surface area contributed by atoms with Gasteiger partial charge in [0.15, 0.2) is 5.82 Å². The van der Waals surface area contributed by atoms with Crippen molar-refractivity contribution in [1.82, 2.24) is 9.38 Å². The Hall–Kier alpha value is -1.55. The van der Waals surface area contributed by atoms with Gasteiger partial charge < -0.3 is 14.4 Å². The van der Waals surface area contributed by atoms with Gasteiger partial charge in [0.2, 0.25) is 0 Å². The maximum atomic E-state index is 9.41. The lowest BCUT2D eigenvalue weighted by molar-refractivity contribution is 0.162. The molecule has 1 saturated heterocycles. The first-order chi connectivity index (χ1) is 8.22. The van der Waals surface area contributed by atoms with Gasteiger partial charge in [-0.2, -0.15) is 0 Å². The fourth-order valence-electron chi connectivity index (χ4n) is 2.53. The Bertz CT molecular complexity index is 536. The molecule has 0 radical (unpaired) electrons. The van der Waals surface area contributed by atoms with Crippen LogP contribution in [0.2, 0.25) is 0 Å². The molecule has 0 amide bonds. The maximum Gasteiger partial charge on any atom is 0.152 e. The molecular weight excluding hydrogens is 214 g/mol. The third-order valence-corrected chi connectivity index (χ3v) is 3.67. The first kappa shape index (κ1) is 10.6. The Morgan fingerprint density at radius 2 is 2.35 bits per heavy atom. The molecule has 1 atom stereocenters. The number of aliphatic hydroxyl groups is 1. The summed E-state index contributed by atoms with van der Waals surface area (Å²) in [4.78, 5) is 6.75. The highest BCUT2D eigenvalue weighted by atomic mass is 16.3. The topological polar surface area (TPSA) is 40.8 Å². The van der Waals surface area contributed by atoms with E-state index in [-0.39, 0.29) is 12.0 Å². The van der Waals surface area contributed by atoms with Crippen molar-refractivity contribution in [2.24, 2.45) is 5.41 Å². The molecule has 2 aromatic rings. The van der Waals surface area contributed by atoms with Crippen molar-refractivity contribution >= 4 is 11.3 Å². The number of aliphatic hydroxyl groups excluding tert-OH is 1. The summed E-state index contributed by atoms with van der Waals surface area (Å²) in [6.45, 7) is 4.22. The van der Waals surface area contributed by atoms with Crippen molar-refractivity contribution in [2.75, 3.05) is 24.6 Å². The molecule has 2 aromatic heterocycles. The zero-order valence-corrected chi connectivity index (χ0v) is 10.0. The van der Waals surface area contributed by atoms with Gasteiger partial charge >= 0.3 is 0 Å². The number of nitrogens with zero attached hydrogens (tertiary/aromatic N) is 3. The molecule has 1 N–H and O–H groups in total. The van der Waals surface area contributed by atoms with Crippen LogP contribution in [-0.4, -0.2) is 34.2 Å². The van der Waals surface area contributed by atoms with E-state index >= 15 is 0 Å². The highest BCUT2D eigenvalue weighted by Crippen LogP contribution is 2.33. The molecule has 1 fully saturated rings. The van der Waals surface area contributed by atoms with Crippen molar-refractivity contribution in [2.45, 2.75) is 13.3 Å². The van der Waals surface area contributed by atoms with Crippen molar-refractivity contribution < 1.29 is 5.11 Å². The lowest BCUT2D eigenvalue weighted by Gasteiger charge is -2.23. The predicted molar refractivity (Wildman–Crippen MR) is 67.2 cm³/mol. The Morgan fingerprint density at radius 3 is 3.12 bits per heavy atom. The smallest absolute Gasteiger partial charge is 0.152 e. The van der Waals surface area contributed by atoms with Crippen LogP contribution in [0.4, 0.5) is 5.82 Å². The fraction of sp³-hybridized carbons (Fsp3) is 0.462. The van der Waals surface area contributed by atoms with E-state index < -0.39 is 0 Å². The van der Waals surface area contributed by atoms with Crippen LogP contribution in [0.25, 0.3) is 5.52 Å². The van der Waals surface area contributed by atoms with Gasteiger partial charge in [-0.1, -0.05) is 6.92 Å². The van der Waals surface area contributed by atoms with Gasteiger partial charge in [-0.3, -0.25) is 0 Å². The molecule has 90 valence electrons. The van der Waals surface area contributed by atoms with E-state index in [9.17, 15) is 5.11 Å². The zero-order valence-electron chi connectivity index (χ0n) is 10.0. The molecule has 3 rings (SSSR count). The van der Waals surface area contributed by atoms with E-state index in [1.54, 1.807) is 0 Å². The average molecular weight is 231 g/mol. The molecule has 0 aromatic carbocycles. The molecule has 0 bridgehead atoms. The normalized spacial score (nSPS) is 24.7. The summed E-state index contributed by atoms with van der Waals surface area (Å²) in [5.41, 5.74) is 1.15. The standard InChI is InChI=1S/C13H17N3O/c1-13(10-17)4-7-16(9-13)12-11-3-2-6-15(11)8-5-14-12/h2-3,5-6,8,17H,4,7,9-10H2,1H3. The second-order valence-electron chi connectivity index (χ2n) is 5.19. The van der Waals surface area contributed by atoms with Crippen LogP contribution in [0.15, 0.2) is 30.7 Å². The lowest BCUT2D eigenvalue weighted by atomic mass is 9.91. The molecule has 4 heteroatoms. The first-order valence-electron chi connectivity index (χ1n) is 5.99. The van der Waals surface area contributed by atoms with Gasteiger partial charge in [0.1, 0.15) is 0 Å². The molecule has 17 heavy (non-hydrogen) atoms. The van der Waals surface area contributed by atoms with Gasteiger partial charge in [0, 0.05) is 37.1 Å². The molecule has 4 nitrogen and oxygen atoms in total. The number of rotatable bonds is 2. The molecule has 0 spiro atoms. The maximum absolute atomic E-state index is 9.41. The molecule has 0 aliphatic carbocycles. The summed E-state index contributed by atoms with van der Waals surface area (Å²) < 4.78 is 2.08. The van der Waals surface area contributed by atoms with Crippen molar-refractivity contribution in [3.05, 3.63) is 30.7 Å². The SMILES string of the molecule is CC1(CO)CCN(c2nccn3cccc23)C1. The van der Waals surface area contributed by atoms with E-state index in [4.69, 9.17) is 0 Å². The van der Waals surface area contributed by atoms with Gasteiger partial charge in [-0.15, -0.1) is 0 Å². The van der Waals surface area contributed by atoms with Crippen LogP contribution >= 0.6 is 0 Å². The van der Waals surface area contributed by atoms with E-state index in [2.05, 4.69) is 27.3 Å². The summed E-state index contributed by atoms with van der Waals surface area (Å²) in [6.07, 6.45) is 6.84. The van der Waals surface area contributed by atoms with Crippen LogP contribution in [0.3, 0.4) is 0 Å². The summed E-state index contributed by atoms with van der Waals surface area (Å²) in [5, 5.41) is 9.41. The zero-order chi connectivity index (χ0) is 11.9. The third-order valence-electron chi connectivity index (χ3n) is 3.67. The minimum absolute atomic E-state index is 0.0150. The minimum Gasteiger partial charge on any atom is -0.396 e. The van der Waals surface area contributed by atoms with E-state index in [1.807, 2.05) is 24.7 Å². The molecule has 1 aliphatic heterocycles. The number of hydrogen-bond donors (Lipinski definition) is 1. The number of aromatic nitrogens is 2. The summed E-state index contributed by atoms with van der Waals surface area (Å²) in [5.74, 6) is 1.02. The number of anilines is 1. The van der Waals surface area contributed by atoms with Crippen molar-refractivity contribution in [3.63, 3.8) is 0 Å². The van der Waals surface area contributed by atoms with Crippen LogP contribution in [0, 0.1) is 5.41 Å². The number of fused-ring (bicyclic) bond motifs is 1. The average Bonchev–Trinajstić information content (AvgIpc) is 2.95. The Morgan fingerprint density at radius 1 is 1.47 bits per heavy atom. The Labute approximate surface area is 101 Å². The van der Waals surface area contributed by atoms with Gasteiger partial charge in [0.05, 0.1) is 12.1 Å². The predicted octanol–water partition coefficient (Wildman–Crippen LogP) is 1.54. The van der Waals surface area contributed by atoms with Crippen molar-refractivity contribution in [1.29, 1.82) is 0 Å². The molecule has 1 aliphatic rings. The van der Waals surface area contributed by atoms with Gasteiger partial charge in [0.25, 0.3) is 0 Å². The second-order valence-corrected chi connectivity index (χ2v) is 5.19. The second kappa shape index (κ2) is 3.74. The van der Waals surface area contributed by atoms with Gasteiger partial charge in [-0.25, -0.2) is 4.98 Å². The molecular formula is C13H17N3O. The van der Waals surface area contributed by atoms with Crippen LogP contribution in [-0.2, 0) is 0 Å². The first-order valence-corrected chi connectivity index (χ1v) is 5.99. The molecule has 0 saturated carbocycles. The lowest BCUT2D eigenvalue weighted by Crippen LogP contribution is -2.28. The largest absolute Gasteiger partial charge is 0.396 e. The highest BCUT2D eigenvalue weighted by molar-refractivity contribution is 5.69. The Kier molecular flexibility index (Phi) is 2.33.